The van der Waals surface area contributed by atoms with Crippen LogP contribution in [0, 0.1) is 5.41 Å². The van der Waals surface area contributed by atoms with E-state index in [1.807, 2.05) is 0 Å². The molecule has 0 spiro atoms. The first-order valence-corrected chi connectivity index (χ1v) is 5.33. The number of nitrogens with zero attached hydrogens (tertiary/aromatic N) is 1. The molecule has 1 N–H and O–H groups in total. The summed E-state index contributed by atoms with van der Waals surface area (Å²) in [6.07, 6.45) is -4.53. The zero-order chi connectivity index (χ0) is 14.1. The fourth-order valence-corrected chi connectivity index (χ4v) is 1.24. The minimum atomic E-state index is -4.53. The van der Waals surface area contributed by atoms with Gasteiger partial charge in [0.1, 0.15) is 19.2 Å². The average molecular weight is 268 g/mol. The number of alkyl halides is 3. The van der Waals surface area contributed by atoms with Crippen LogP contribution < -0.4 is 5.32 Å². The van der Waals surface area contributed by atoms with Gasteiger partial charge in [0.2, 0.25) is 5.91 Å². The fraction of sp³-hybridized carbons (Fsp3) is 0.800. The van der Waals surface area contributed by atoms with E-state index in [9.17, 15) is 22.8 Å². The number of amides is 2. The van der Waals surface area contributed by atoms with Crippen molar-refractivity contribution in [3.63, 3.8) is 0 Å². The van der Waals surface area contributed by atoms with Crippen LogP contribution in [0.15, 0.2) is 0 Å². The second-order valence-electron chi connectivity index (χ2n) is 5.06. The molecular weight excluding hydrogens is 253 g/mol. The summed E-state index contributed by atoms with van der Waals surface area (Å²) in [6, 6.07) is -1.06. The van der Waals surface area contributed by atoms with Crippen molar-refractivity contribution in [2.24, 2.45) is 5.41 Å². The van der Waals surface area contributed by atoms with Crippen LogP contribution in [0.3, 0.4) is 0 Å². The molecule has 0 saturated carbocycles. The minimum absolute atomic E-state index is 0.230. The lowest BCUT2D eigenvalue weighted by molar-refractivity contribution is -0.214. The molecule has 1 atom stereocenters. The smallest absolute Gasteiger partial charge is 0.342 e. The van der Waals surface area contributed by atoms with Gasteiger partial charge in [-0.2, -0.15) is 13.2 Å². The molecule has 0 unspecified atom stereocenters. The second-order valence-corrected chi connectivity index (χ2v) is 5.06. The summed E-state index contributed by atoms with van der Waals surface area (Å²) in [4.78, 5) is 27.7. The summed E-state index contributed by atoms with van der Waals surface area (Å²) in [7, 11) is 0. The first-order valence-electron chi connectivity index (χ1n) is 5.33. The molecule has 1 aliphatic rings. The summed E-state index contributed by atoms with van der Waals surface area (Å²) in [6.45, 7) is 3.15. The van der Waals surface area contributed by atoms with Crippen molar-refractivity contribution in [1.82, 2.24) is 10.4 Å². The highest BCUT2D eigenvalue weighted by molar-refractivity contribution is 5.90. The van der Waals surface area contributed by atoms with E-state index in [0.717, 1.165) is 0 Å². The Morgan fingerprint density at radius 2 is 2.00 bits per heavy atom. The molecule has 1 saturated heterocycles. The van der Waals surface area contributed by atoms with Crippen LogP contribution >= 0.6 is 0 Å². The quantitative estimate of drug-likeness (QED) is 0.808. The summed E-state index contributed by atoms with van der Waals surface area (Å²) < 4.78 is 36.3. The Morgan fingerprint density at radius 1 is 1.44 bits per heavy atom. The maximum absolute atomic E-state index is 12.1. The third-order valence-corrected chi connectivity index (χ3v) is 2.25. The van der Waals surface area contributed by atoms with Crippen LogP contribution in [0.4, 0.5) is 13.2 Å². The van der Waals surface area contributed by atoms with Crippen molar-refractivity contribution in [1.29, 1.82) is 0 Å². The average Bonchev–Trinajstić information content (AvgIpc) is 2.46. The van der Waals surface area contributed by atoms with Crippen LogP contribution in [0.5, 0.6) is 0 Å². The monoisotopic (exact) mass is 268 g/mol. The molecule has 0 aromatic rings. The lowest BCUT2D eigenvalue weighted by Crippen LogP contribution is -2.47. The molecular formula is C10H15F3N2O3. The molecule has 1 fully saturated rings. The Kier molecular flexibility index (Phi) is 3.89. The van der Waals surface area contributed by atoms with Crippen LogP contribution in [-0.4, -0.2) is 42.2 Å². The Hall–Kier alpha value is -1.31. The first kappa shape index (κ1) is 14.7. The fourth-order valence-electron chi connectivity index (χ4n) is 1.24. The van der Waals surface area contributed by atoms with Crippen molar-refractivity contribution in [3.8, 4) is 0 Å². The molecule has 1 aliphatic heterocycles. The van der Waals surface area contributed by atoms with Gasteiger partial charge in [-0.05, 0) is 0 Å². The number of carbonyl (C=O) groups excluding carboxylic acids is 2. The molecule has 2 amide bonds. The summed E-state index contributed by atoms with van der Waals surface area (Å²) in [5, 5.41) is 2.59. The van der Waals surface area contributed by atoms with Crippen LogP contribution in [0.1, 0.15) is 20.8 Å². The largest absolute Gasteiger partial charge is 0.408 e. The number of rotatable bonds is 2. The van der Waals surface area contributed by atoms with Gasteiger partial charge in [0.05, 0.1) is 0 Å². The maximum Gasteiger partial charge on any atom is 0.408 e. The van der Waals surface area contributed by atoms with Crippen molar-refractivity contribution in [3.05, 3.63) is 0 Å². The molecule has 8 heteroatoms. The number of hydrogen-bond donors (Lipinski definition) is 1. The SMILES string of the molecule is CC(C)(C)C(=O)N[C@H]1CON(CC(F)(F)F)C1=O. The van der Waals surface area contributed by atoms with Gasteiger partial charge in [0.25, 0.3) is 5.91 Å². The van der Waals surface area contributed by atoms with Crippen LogP contribution in [-0.2, 0) is 14.4 Å². The Morgan fingerprint density at radius 3 is 2.44 bits per heavy atom. The van der Waals surface area contributed by atoms with Crippen LogP contribution in [0.25, 0.3) is 0 Å². The highest BCUT2D eigenvalue weighted by Gasteiger charge is 2.42. The van der Waals surface area contributed by atoms with Gasteiger partial charge in [-0.15, -0.1) is 0 Å². The van der Waals surface area contributed by atoms with Gasteiger partial charge in [0.15, 0.2) is 0 Å². The van der Waals surface area contributed by atoms with Crippen molar-refractivity contribution in [2.75, 3.05) is 13.2 Å². The molecule has 18 heavy (non-hydrogen) atoms. The van der Waals surface area contributed by atoms with Gasteiger partial charge in [-0.25, -0.2) is 5.06 Å². The zero-order valence-electron chi connectivity index (χ0n) is 10.3. The Bertz CT molecular complexity index is 349. The molecule has 0 bridgehead atoms. The first-order chi connectivity index (χ1) is 8.00. The predicted octanol–water partition coefficient (Wildman–Crippen LogP) is 0.853. The molecule has 0 aromatic carbocycles. The summed E-state index contributed by atoms with van der Waals surface area (Å²) in [5.41, 5.74) is -0.724. The number of nitrogens with one attached hydrogen (secondary N) is 1. The number of halogens is 3. The highest BCUT2D eigenvalue weighted by atomic mass is 19.4. The van der Waals surface area contributed by atoms with Gasteiger partial charge in [-0.1, -0.05) is 20.8 Å². The van der Waals surface area contributed by atoms with Crippen molar-refractivity contribution in [2.45, 2.75) is 33.0 Å². The van der Waals surface area contributed by atoms with Gasteiger partial charge < -0.3 is 5.32 Å². The van der Waals surface area contributed by atoms with E-state index in [1.54, 1.807) is 20.8 Å². The number of hydroxylamine groups is 2. The summed E-state index contributed by atoms with van der Waals surface area (Å²) in [5.74, 6) is -1.30. The Labute approximate surface area is 102 Å². The van der Waals surface area contributed by atoms with E-state index in [0.29, 0.717) is 0 Å². The molecule has 104 valence electrons. The Balaban J connectivity index is 2.58. The normalized spacial score (nSPS) is 21.3. The van der Waals surface area contributed by atoms with Crippen molar-refractivity contribution >= 4 is 11.8 Å². The zero-order valence-corrected chi connectivity index (χ0v) is 10.3. The van der Waals surface area contributed by atoms with E-state index in [2.05, 4.69) is 10.2 Å². The van der Waals surface area contributed by atoms with E-state index in [4.69, 9.17) is 0 Å². The third kappa shape index (κ3) is 3.86. The number of carbonyl (C=O) groups is 2. The molecule has 0 aliphatic carbocycles. The predicted molar refractivity (Wildman–Crippen MR) is 55.1 cm³/mol. The van der Waals surface area contributed by atoms with E-state index >= 15 is 0 Å². The molecule has 0 radical (unpaired) electrons. The minimum Gasteiger partial charge on any atom is -0.342 e. The lowest BCUT2D eigenvalue weighted by Gasteiger charge is -2.20. The van der Waals surface area contributed by atoms with E-state index in [-0.39, 0.29) is 11.7 Å². The molecule has 5 nitrogen and oxygen atoms in total. The standard InChI is InChI=1S/C10H15F3N2O3/c1-9(2,3)8(17)14-6-4-18-15(7(6)16)5-10(11,12)13/h6H,4-5H2,1-3H3,(H,14,17)/t6-/m0/s1. The summed E-state index contributed by atoms with van der Waals surface area (Å²) >= 11 is 0. The van der Waals surface area contributed by atoms with Crippen LogP contribution in [0.2, 0.25) is 0 Å². The van der Waals surface area contributed by atoms with Gasteiger partial charge in [0, 0.05) is 5.41 Å². The lowest BCUT2D eigenvalue weighted by atomic mass is 9.95. The maximum atomic E-state index is 12.1. The second kappa shape index (κ2) is 4.75. The molecule has 0 aromatic heterocycles. The highest BCUT2D eigenvalue weighted by Crippen LogP contribution is 2.20. The third-order valence-electron chi connectivity index (χ3n) is 2.25. The van der Waals surface area contributed by atoms with Crippen molar-refractivity contribution < 1.29 is 27.6 Å². The van der Waals surface area contributed by atoms with Gasteiger partial charge in [-0.3, -0.25) is 14.4 Å². The van der Waals surface area contributed by atoms with Gasteiger partial charge >= 0.3 is 6.18 Å². The van der Waals surface area contributed by atoms with E-state index < -0.39 is 36.0 Å². The molecule has 1 rings (SSSR count). The topological polar surface area (TPSA) is 58.6 Å². The molecule has 1 heterocycles. The number of hydrogen-bond acceptors (Lipinski definition) is 3. The van der Waals surface area contributed by atoms with E-state index in [1.165, 1.54) is 0 Å².